The van der Waals surface area contributed by atoms with E-state index in [-0.39, 0.29) is 5.91 Å². The Balaban J connectivity index is 1.68. The molecule has 0 saturated carbocycles. The van der Waals surface area contributed by atoms with Gasteiger partial charge in [0.05, 0.1) is 14.2 Å². The van der Waals surface area contributed by atoms with Gasteiger partial charge in [-0.05, 0) is 42.0 Å². The Morgan fingerprint density at radius 2 is 1.74 bits per heavy atom. The van der Waals surface area contributed by atoms with E-state index < -0.39 is 0 Å². The Morgan fingerprint density at radius 3 is 2.48 bits per heavy atom. The highest BCUT2D eigenvalue weighted by Gasteiger charge is 2.10. The molecule has 0 radical (unpaired) electrons. The van der Waals surface area contributed by atoms with Crippen LogP contribution in [0.4, 0.5) is 11.5 Å². The van der Waals surface area contributed by atoms with E-state index in [4.69, 9.17) is 9.47 Å². The van der Waals surface area contributed by atoms with Gasteiger partial charge in [-0.15, -0.1) is 0 Å². The van der Waals surface area contributed by atoms with Gasteiger partial charge in [0.25, 0.3) is 5.91 Å². The van der Waals surface area contributed by atoms with E-state index in [0.29, 0.717) is 35.1 Å². The predicted octanol–water partition coefficient (Wildman–Crippen LogP) is 3.36. The van der Waals surface area contributed by atoms with Crippen LogP contribution in [0.3, 0.4) is 0 Å². The Morgan fingerprint density at radius 1 is 0.963 bits per heavy atom. The van der Waals surface area contributed by atoms with Crippen LogP contribution in [0.25, 0.3) is 0 Å². The van der Waals surface area contributed by atoms with Gasteiger partial charge in [-0.1, -0.05) is 0 Å². The highest BCUT2D eigenvalue weighted by molar-refractivity contribution is 6.04. The van der Waals surface area contributed by atoms with Crippen molar-refractivity contribution in [1.82, 2.24) is 9.97 Å². The van der Waals surface area contributed by atoms with Crippen LogP contribution in [-0.2, 0) is 6.54 Å². The number of hydrogen-bond acceptors (Lipinski definition) is 6. The average Bonchev–Trinajstić information content (AvgIpc) is 2.73. The van der Waals surface area contributed by atoms with Crippen LogP contribution >= 0.6 is 0 Å². The number of ether oxygens (including phenoxy) is 2. The summed E-state index contributed by atoms with van der Waals surface area (Å²) in [5.74, 6) is 1.52. The first-order valence-corrected chi connectivity index (χ1v) is 8.32. The van der Waals surface area contributed by atoms with Crippen molar-refractivity contribution in [3.8, 4) is 11.5 Å². The molecule has 1 amide bonds. The fourth-order valence-corrected chi connectivity index (χ4v) is 2.48. The van der Waals surface area contributed by atoms with Crippen molar-refractivity contribution in [3.63, 3.8) is 0 Å². The van der Waals surface area contributed by atoms with Gasteiger partial charge in [0.2, 0.25) is 0 Å². The molecule has 0 saturated heterocycles. The van der Waals surface area contributed by atoms with E-state index in [1.54, 1.807) is 63.1 Å². The van der Waals surface area contributed by atoms with E-state index in [9.17, 15) is 4.79 Å². The van der Waals surface area contributed by atoms with Gasteiger partial charge >= 0.3 is 0 Å². The van der Waals surface area contributed by atoms with Gasteiger partial charge in [0.15, 0.2) is 11.5 Å². The van der Waals surface area contributed by atoms with Crippen molar-refractivity contribution in [1.29, 1.82) is 0 Å². The monoisotopic (exact) mass is 364 g/mol. The molecule has 2 aromatic heterocycles. The fourth-order valence-electron chi connectivity index (χ4n) is 2.48. The van der Waals surface area contributed by atoms with Gasteiger partial charge in [0.1, 0.15) is 5.82 Å². The van der Waals surface area contributed by atoms with E-state index in [2.05, 4.69) is 20.6 Å². The number of nitrogens with zero attached hydrogens (tertiary/aromatic N) is 2. The molecule has 1 aromatic carbocycles. The summed E-state index contributed by atoms with van der Waals surface area (Å²) in [6, 6.07) is 12.4. The number of amides is 1. The molecule has 27 heavy (non-hydrogen) atoms. The molecule has 0 spiro atoms. The van der Waals surface area contributed by atoms with Crippen LogP contribution in [0.15, 0.2) is 61.1 Å². The number of anilines is 2. The van der Waals surface area contributed by atoms with E-state index >= 15 is 0 Å². The lowest BCUT2D eigenvalue weighted by molar-refractivity contribution is 0.102. The third-order valence-electron chi connectivity index (χ3n) is 3.89. The zero-order valence-corrected chi connectivity index (χ0v) is 15.1. The Labute approximate surface area is 157 Å². The minimum Gasteiger partial charge on any atom is -0.493 e. The summed E-state index contributed by atoms with van der Waals surface area (Å²) in [6.07, 6.45) is 5.06. The zero-order chi connectivity index (χ0) is 19.1. The second-order valence-corrected chi connectivity index (χ2v) is 5.66. The number of nitrogens with one attached hydrogen (secondary N) is 2. The lowest BCUT2D eigenvalue weighted by Gasteiger charge is -2.11. The molecule has 0 aliphatic rings. The average molecular weight is 364 g/mol. The number of carbonyl (C=O) groups is 1. The van der Waals surface area contributed by atoms with Crippen LogP contribution in [0, 0.1) is 0 Å². The summed E-state index contributed by atoms with van der Waals surface area (Å²) >= 11 is 0. The Kier molecular flexibility index (Phi) is 5.84. The summed E-state index contributed by atoms with van der Waals surface area (Å²) in [7, 11) is 3.11. The molecule has 3 rings (SSSR count). The lowest BCUT2D eigenvalue weighted by atomic mass is 10.2. The quantitative estimate of drug-likeness (QED) is 0.669. The fraction of sp³-hybridized carbons (Fsp3) is 0.150. The molecule has 7 nitrogen and oxygen atoms in total. The first kappa shape index (κ1) is 18.2. The minimum absolute atomic E-state index is 0.239. The minimum atomic E-state index is -0.239. The lowest BCUT2D eigenvalue weighted by Crippen LogP contribution is -2.13. The zero-order valence-electron chi connectivity index (χ0n) is 15.1. The van der Waals surface area contributed by atoms with Gasteiger partial charge in [-0.2, -0.15) is 0 Å². The van der Waals surface area contributed by atoms with Crippen molar-refractivity contribution < 1.29 is 14.3 Å². The van der Waals surface area contributed by atoms with Gasteiger partial charge in [-0.3, -0.25) is 9.78 Å². The van der Waals surface area contributed by atoms with Crippen LogP contribution in [-0.4, -0.2) is 30.1 Å². The molecular weight excluding hydrogens is 344 g/mol. The number of rotatable bonds is 7. The van der Waals surface area contributed by atoms with Gasteiger partial charge in [0, 0.05) is 42.5 Å². The second-order valence-electron chi connectivity index (χ2n) is 5.66. The third-order valence-corrected chi connectivity index (χ3v) is 3.89. The molecule has 138 valence electrons. The maximum Gasteiger partial charge on any atom is 0.255 e. The van der Waals surface area contributed by atoms with E-state index in [0.717, 1.165) is 5.56 Å². The third kappa shape index (κ3) is 4.72. The predicted molar refractivity (Wildman–Crippen MR) is 103 cm³/mol. The SMILES string of the molecule is COc1ccc(NC(=O)c2ccnc(NCc3ccncc3)c2)cc1OC. The van der Waals surface area contributed by atoms with Crippen molar-refractivity contribution in [3.05, 3.63) is 72.2 Å². The normalized spacial score (nSPS) is 10.1. The number of methoxy groups -OCH3 is 2. The van der Waals surface area contributed by atoms with Crippen molar-refractivity contribution in [2.75, 3.05) is 24.9 Å². The van der Waals surface area contributed by atoms with Crippen LogP contribution in [0.1, 0.15) is 15.9 Å². The molecule has 0 fully saturated rings. The highest BCUT2D eigenvalue weighted by atomic mass is 16.5. The van der Waals surface area contributed by atoms with E-state index in [1.165, 1.54) is 0 Å². The highest BCUT2D eigenvalue weighted by Crippen LogP contribution is 2.29. The van der Waals surface area contributed by atoms with Crippen LogP contribution in [0.5, 0.6) is 11.5 Å². The number of pyridine rings is 2. The molecule has 7 heteroatoms. The standard InChI is InChI=1S/C20H20N4O3/c1-26-17-4-3-16(12-18(17)27-2)24-20(25)15-7-10-22-19(11-15)23-13-14-5-8-21-9-6-14/h3-12H,13H2,1-2H3,(H,22,23)(H,24,25). The summed E-state index contributed by atoms with van der Waals surface area (Å²) in [6.45, 7) is 0.594. The largest absolute Gasteiger partial charge is 0.493 e. The molecule has 0 unspecified atom stereocenters. The molecule has 3 aromatic rings. The molecular formula is C20H20N4O3. The molecule has 2 heterocycles. The molecule has 0 bridgehead atoms. The summed E-state index contributed by atoms with van der Waals surface area (Å²) in [5, 5.41) is 6.04. The van der Waals surface area contributed by atoms with Crippen molar-refractivity contribution in [2.24, 2.45) is 0 Å². The van der Waals surface area contributed by atoms with Crippen LogP contribution in [0.2, 0.25) is 0 Å². The van der Waals surface area contributed by atoms with Crippen molar-refractivity contribution in [2.45, 2.75) is 6.54 Å². The number of aromatic nitrogens is 2. The smallest absolute Gasteiger partial charge is 0.255 e. The molecule has 0 atom stereocenters. The molecule has 0 aliphatic heterocycles. The van der Waals surface area contributed by atoms with Crippen molar-refractivity contribution >= 4 is 17.4 Å². The van der Waals surface area contributed by atoms with Gasteiger partial charge in [-0.25, -0.2) is 4.98 Å². The summed E-state index contributed by atoms with van der Waals surface area (Å²) in [4.78, 5) is 20.8. The van der Waals surface area contributed by atoms with E-state index in [1.807, 2.05) is 12.1 Å². The second kappa shape index (κ2) is 8.66. The first-order chi connectivity index (χ1) is 13.2. The summed E-state index contributed by atoms with van der Waals surface area (Å²) in [5.41, 5.74) is 2.18. The first-order valence-electron chi connectivity index (χ1n) is 8.32. The maximum absolute atomic E-state index is 12.5. The van der Waals surface area contributed by atoms with Gasteiger partial charge < -0.3 is 20.1 Å². The topological polar surface area (TPSA) is 85.4 Å². The maximum atomic E-state index is 12.5. The Hall–Kier alpha value is -3.61. The summed E-state index contributed by atoms with van der Waals surface area (Å²) < 4.78 is 10.5. The van der Waals surface area contributed by atoms with Crippen LogP contribution < -0.4 is 20.1 Å². The number of benzene rings is 1. The molecule has 2 N–H and O–H groups in total. The Bertz CT molecular complexity index is 916. The number of hydrogen-bond donors (Lipinski definition) is 2. The number of carbonyl (C=O) groups excluding carboxylic acids is 1. The molecule has 0 aliphatic carbocycles.